The molecule has 0 aliphatic heterocycles. The Morgan fingerprint density at radius 1 is 1.41 bits per heavy atom. The lowest BCUT2D eigenvalue weighted by atomic mass is 10.2. The molecule has 94 valence electrons. The fraction of sp³-hybridized carbons (Fsp3) is 0.538. The van der Waals surface area contributed by atoms with Gasteiger partial charge in [-0.25, -0.2) is 4.98 Å². The fourth-order valence-corrected chi connectivity index (χ4v) is 1.25. The van der Waals surface area contributed by atoms with Crippen LogP contribution in [0.5, 0.6) is 0 Å². The number of unbranched alkanes of at least 4 members (excludes halogenated alkanes) is 1. The van der Waals surface area contributed by atoms with E-state index in [1.54, 1.807) is 6.20 Å². The van der Waals surface area contributed by atoms with Crippen LogP contribution in [0.3, 0.4) is 0 Å². The first kappa shape index (κ1) is 13.5. The van der Waals surface area contributed by atoms with Gasteiger partial charge in [0.1, 0.15) is 5.82 Å². The van der Waals surface area contributed by atoms with Gasteiger partial charge in [0.05, 0.1) is 11.9 Å². The van der Waals surface area contributed by atoms with E-state index in [2.05, 4.69) is 22.5 Å². The number of hydrogen-bond acceptors (Lipinski definition) is 3. The zero-order chi connectivity index (χ0) is 12.7. The Morgan fingerprint density at radius 2 is 2.18 bits per heavy atom. The first-order valence-corrected chi connectivity index (χ1v) is 6.14. The van der Waals surface area contributed by atoms with E-state index in [1.165, 1.54) is 0 Å². The van der Waals surface area contributed by atoms with E-state index in [1.807, 2.05) is 26.0 Å². The molecule has 0 radical (unpaired) electrons. The second kappa shape index (κ2) is 6.89. The highest BCUT2D eigenvalue weighted by atomic mass is 16.1. The molecule has 0 fully saturated rings. The second-order valence-electron chi connectivity index (χ2n) is 4.36. The third-order valence-corrected chi connectivity index (χ3v) is 2.39. The van der Waals surface area contributed by atoms with E-state index in [0.717, 1.165) is 30.9 Å². The number of nitrogens with zero attached hydrogens (tertiary/aromatic N) is 1. The van der Waals surface area contributed by atoms with E-state index in [9.17, 15) is 4.79 Å². The van der Waals surface area contributed by atoms with Gasteiger partial charge in [0.2, 0.25) is 5.91 Å². The summed E-state index contributed by atoms with van der Waals surface area (Å²) in [6, 6.07) is 3.74. The van der Waals surface area contributed by atoms with Gasteiger partial charge in [0.25, 0.3) is 0 Å². The zero-order valence-corrected chi connectivity index (χ0v) is 10.8. The maximum absolute atomic E-state index is 11.5. The molecule has 1 aromatic rings. The largest absolute Gasteiger partial charge is 0.370 e. The summed E-state index contributed by atoms with van der Waals surface area (Å²) in [6.45, 7) is 6.81. The highest BCUT2D eigenvalue weighted by Crippen LogP contribution is 2.10. The number of hydrogen-bond donors (Lipinski definition) is 2. The predicted octanol–water partition coefficient (Wildman–Crippen LogP) is 2.89. The molecule has 4 nitrogen and oxygen atoms in total. The molecule has 0 aliphatic rings. The molecule has 4 heteroatoms. The normalized spacial score (nSPS) is 10.4. The molecule has 17 heavy (non-hydrogen) atoms. The minimum Gasteiger partial charge on any atom is -0.370 e. The number of carbonyl (C=O) groups is 1. The van der Waals surface area contributed by atoms with Crippen LogP contribution in [0.2, 0.25) is 0 Å². The molecule has 0 atom stereocenters. The Labute approximate surface area is 103 Å². The van der Waals surface area contributed by atoms with E-state index in [4.69, 9.17) is 0 Å². The van der Waals surface area contributed by atoms with Crippen LogP contribution < -0.4 is 10.6 Å². The van der Waals surface area contributed by atoms with Crippen molar-refractivity contribution in [2.24, 2.45) is 5.92 Å². The average Bonchev–Trinajstić information content (AvgIpc) is 2.31. The molecule has 0 spiro atoms. The summed E-state index contributed by atoms with van der Waals surface area (Å²) in [4.78, 5) is 15.7. The Kier molecular flexibility index (Phi) is 5.46. The second-order valence-corrected chi connectivity index (χ2v) is 4.36. The van der Waals surface area contributed by atoms with Crippen molar-refractivity contribution in [3.05, 3.63) is 18.3 Å². The maximum Gasteiger partial charge on any atom is 0.226 e. The molecule has 1 heterocycles. The van der Waals surface area contributed by atoms with Gasteiger partial charge < -0.3 is 10.6 Å². The van der Waals surface area contributed by atoms with Crippen molar-refractivity contribution in [3.63, 3.8) is 0 Å². The quantitative estimate of drug-likeness (QED) is 0.745. The summed E-state index contributed by atoms with van der Waals surface area (Å²) in [6.07, 6.45) is 3.97. The van der Waals surface area contributed by atoms with Gasteiger partial charge in [-0.2, -0.15) is 0 Å². The first-order chi connectivity index (χ1) is 8.13. The number of carbonyl (C=O) groups excluding carboxylic acids is 1. The van der Waals surface area contributed by atoms with Crippen molar-refractivity contribution in [2.45, 2.75) is 33.6 Å². The Balaban J connectivity index is 2.47. The topological polar surface area (TPSA) is 54.0 Å². The van der Waals surface area contributed by atoms with Crippen LogP contribution in [0.1, 0.15) is 33.6 Å². The molecule has 1 aromatic heterocycles. The van der Waals surface area contributed by atoms with Crippen molar-refractivity contribution in [3.8, 4) is 0 Å². The molecular weight excluding hydrogens is 214 g/mol. The Bertz CT molecular complexity index is 346. The molecule has 0 unspecified atom stereocenters. The van der Waals surface area contributed by atoms with Gasteiger partial charge in [-0.05, 0) is 18.6 Å². The predicted molar refractivity (Wildman–Crippen MR) is 71.1 cm³/mol. The van der Waals surface area contributed by atoms with E-state index in [0.29, 0.717) is 0 Å². The average molecular weight is 235 g/mol. The number of anilines is 2. The van der Waals surface area contributed by atoms with Gasteiger partial charge in [0, 0.05) is 12.5 Å². The van der Waals surface area contributed by atoms with Crippen LogP contribution >= 0.6 is 0 Å². The van der Waals surface area contributed by atoms with Gasteiger partial charge in [-0.1, -0.05) is 27.2 Å². The Hall–Kier alpha value is -1.58. The van der Waals surface area contributed by atoms with E-state index >= 15 is 0 Å². The Morgan fingerprint density at radius 3 is 2.71 bits per heavy atom. The van der Waals surface area contributed by atoms with Crippen LogP contribution in [0.4, 0.5) is 11.5 Å². The number of pyridine rings is 1. The standard InChI is InChI=1S/C13H21N3O/c1-4-5-8-14-12-7-6-11(9-15-12)16-13(17)10(2)3/h6-7,9-10H,4-5,8H2,1-3H3,(H,14,15)(H,16,17). The molecule has 0 saturated heterocycles. The van der Waals surface area contributed by atoms with Crippen molar-refractivity contribution in [1.29, 1.82) is 0 Å². The smallest absolute Gasteiger partial charge is 0.226 e. The fourth-order valence-electron chi connectivity index (χ4n) is 1.25. The molecule has 0 saturated carbocycles. The van der Waals surface area contributed by atoms with Crippen LogP contribution in [-0.4, -0.2) is 17.4 Å². The third-order valence-electron chi connectivity index (χ3n) is 2.39. The lowest BCUT2D eigenvalue weighted by molar-refractivity contribution is -0.118. The minimum atomic E-state index is -0.0163. The molecule has 2 N–H and O–H groups in total. The molecule has 1 amide bonds. The van der Waals surface area contributed by atoms with Gasteiger partial charge in [0.15, 0.2) is 0 Å². The minimum absolute atomic E-state index is 0.0125. The van der Waals surface area contributed by atoms with Crippen molar-refractivity contribution in [2.75, 3.05) is 17.2 Å². The van der Waals surface area contributed by atoms with Gasteiger partial charge >= 0.3 is 0 Å². The lowest BCUT2D eigenvalue weighted by Gasteiger charge is -2.08. The highest BCUT2D eigenvalue weighted by Gasteiger charge is 2.06. The molecular formula is C13H21N3O. The summed E-state index contributed by atoms with van der Waals surface area (Å²) in [7, 11) is 0. The van der Waals surface area contributed by atoms with Crippen LogP contribution in [0.15, 0.2) is 18.3 Å². The van der Waals surface area contributed by atoms with Gasteiger partial charge in [-0.15, -0.1) is 0 Å². The van der Waals surface area contributed by atoms with E-state index < -0.39 is 0 Å². The summed E-state index contributed by atoms with van der Waals surface area (Å²) in [5, 5.41) is 6.03. The maximum atomic E-state index is 11.5. The molecule has 0 bridgehead atoms. The first-order valence-electron chi connectivity index (χ1n) is 6.14. The zero-order valence-electron chi connectivity index (χ0n) is 10.8. The SMILES string of the molecule is CCCCNc1ccc(NC(=O)C(C)C)cn1. The number of aromatic nitrogens is 1. The van der Waals surface area contributed by atoms with Crippen molar-refractivity contribution >= 4 is 17.4 Å². The summed E-state index contributed by atoms with van der Waals surface area (Å²) < 4.78 is 0. The summed E-state index contributed by atoms with van der Waals surface area (Å²) >= 11 is 0. The van der Waals surface area contributed by atoms with Crippen LogP contribution in [0, 0.1) is 5.92 Å². The van der Waals surface area contributed by atoms with Crippen molar-refractivity contribution < 1.29 is 4.79 Å². The van der Waals surface area contributed by atoms with E-state index in [-0.39, 0.29) is 11.8 Å². The molecule has 1 rings (SSSR count). The monoisotopic (exact) mass is 235 g/mol. The van der Waals surface area contributed by atoms with Crippen LogP contribution in [-0.2, 0) is 4.79 Å². The highest BCUT2D eigenvalue weighted by molar-refractivity contribution is 5.91. The third kappa shape index (κ3) is 4.85. The van der Waals surface area contributed by atoms with Gasteiger partial charge in [-0.3, -0.25) is 4.79 Å². The van der Waals surface area contributed by atoms with Crippen molar-refractivity contribution in [1.82, 2.24) is 4.98 Å². The van der Waals surface area contributed by atoms with Crippen LogP contribution in [0.25, 0.3) is 0 Å². The molecule has 0 aliphatic carbocycles. The summed E-state index contributed by atoms with van der Waals surface area (Å²) in [5.74, 6) is 0.844. The lowest BCUT2D eigenvalue weighted by Crippen LogP contribution is -2.17. The number of amides is 1. The number of nitrogens with one attached hydrogen (secondary N) is 2. The number of rotatable bonds is 6. The summed E-state index contributed by atoms with van der Waals surface area (Å²) in [5.41, 5.74) is 0.741. The molecule has 0 aromatic carbocycles.